The van der Waals surface area contributed by atoms with E-state index in [0.717, 1.165) is 12.5 Å². The first-order valence-electron chi connectivity index (χ1n) is 5.19. The Balaban J connectivity index is 3.68. The van der Waals surface area contributed by atoms with Crippen LogP contribution < -0.4 is 11.5 Å². The molecule has 0 saturated carbocycles. The van der Waals surface area contributed by atoms with E-state index in [1.165, 1.54) is 0 Å². The Morgan fingerprint density at radius 1 is 1.12 bits per heavy atom. The Kier molecular flexibility index (Phi) is 8.48. The lowest BCUT2D eigenvalue weighted by Crippen LogP contribution is -2.18. The van der Waals surface area contributed by atoms with Crippen LogP contribution in [-0.2, 0) is 19.0 Å². The molecule has 0 aromatic heterocycles. The molecule has 7 nitrogen and oxygen atoms in total. The zero-order chi connectivity index (χ0) is 13.1. The van der Waals surface area contributed by atoms with Gasteiger partial charge in [-0.15, -0.1) is 0 Å². The highest BCUT2D eigenvalue weighted by Gasteiger charge is 2.02. The fourth-order valence-corrected chi connectivity index (χ4v) is 0.837. The standard InChI is InChI=1S/C10H18N2O5/c1-2-3-15-4-5-16-9(13)6-8(11)7-17-10(12)14/h6H,2-5,7,11H2,1H3,(H2,12,14). The molecule has 1 amide bonds. The van der Waals surface area contributed by atoms with Crippen LogP contribution in [0.3, 0.4) is 0 Å². The highest BCUT2D eigenvalue weighted by Crippen LogP contribution is 1.90. The largest absolute Gasteiger partial charge is 0.460 e. The van der Waals surface area contributed by atoms with Gasteiger partial charge in [0, 0.05) is 12.7 Å². The van der Waals surface area contributed by atoms with Crippen molar-refractivity contribution in [3.8, 4) is 0 Å². The maximum Gasteiger partial charge on any atom is 0.404 e. The molecule has 17 heavy (non-hydrogen) atoms. The molecule has 0 aromatic carbocycles. The number of primary amides is 1. The number of carbonyl (C=O) groups excluding carboxylic acids is 2. The third kappa shape index (κ3) is 10.5. The maximum absolute atomic E-state index is 11.1. The van der Waals surface area contributed by atoms with Crippen molar-refractivity contribution in [1.29, 1.82) is 0 Å². The van der Waals surface area contributed by atoms with Gasteiger partial charge in [-0.1, -0.05) is 6.92 Å². The van der Waals surface area contributed by atoms with Crippen LogP contribution in [0.5, 0.6) is 0 Å². The molecule has 7 heteroatoms. The quantitative estimate of drug-likeness (QED) is 0.351. The molecule has 98 valence electrons. The molecule has 0 fully saturated rings. The lowest BCUT2D eigenvalue weighted by atomic mass is 10.4. The van der Waals surface area contributed by atoms with Gasteiger partial charge >= 0.3 is 12.1 Å². The molecular weight excluding hydrogens is 228 g/mol. The van der Waals surface area contributed by atoms with Crippen LogP contribution in [0.15, 0.2) is 11.8 Å². The van der Waals surface area contributed by atoms with Crippen LogP contribution in [-0.4, -0.2) is 38.5 Å². The Morgan fingerprint density at radius 2 is 1.82 bits per heavy atom. The summed E-state index contributed by atoms with van der Waals surface area (Å²) in [5.74, 6) is -0.615. The summed E-state index contributed by atoms with van der Waals surface area (Å²) in [5, 5.41) is 0. The fraction of sp³-hybridized carbons (Fsp3) is 0.600. The molecule has 0 radical (unpaired) electrons. The highest BCUT2D eigenvalue weighted by molar-refractivity contribution is 5.82. The van der Waals surface area contributed by atoms with Crippen LogP contribution in [0.1, 0.15) is 13.3 Å². The molecule has 0 rings (SSSR count). The molecule has 0 heterocycles. The molecular formula is C10H18N2O5. The van der Waals surface area contributed by atoms with Gasteiger partial charge in [0.2, 0.25) is 0 Å². The van der Waals surface area contributed by atoms with Gasteiger partial charge in [0.15, 0.2) is 0 Å². The molecule has 0 saturated heterocycles. The second-order valence-corrected chi connectivity index (χ2v) is 3.11. The number of ether oxygens (including phenoxy) is 3. The van der Waals surface area contributed by atoms with E-state index >= 15 is 0 Å². The smallest absolute Gasteiger partial charge is 0.404 e. The van der Waals surface area contributed by atoms with E-state index in [4.69, 9.17) is 20.9 Å². The topological polar surface area (TPSA) is 114 Å². The number of nitrogens with two attached hydrogens (primary N) is 2. The monoisotopic (exact) mass is 246 g/mol. The first-order valence-corrected chi connectivity index (χ1v) is 5.19. The molecule has 0 bridgehead atoms. The zero-order valence-corrected chi connectivity index (χ0v) is 9.81. The van der Waals surface area contributed by atoms with Crippen molar-refractivity contribution in [2.45, 2.75) is 13.3 Å². The summed E-state index contributed by atoms with van der Waals surface area (Å²) in [4.78, 5) is 21.4. The Bertz CT molecular complexity index is 278. The van der Waals surface area contributed by atoms with Gasteiger partial charge in [0.1, 0.15) is 13.2 Å². The zero-order valence-electron chi connectivity index (χ0n) is 9.81. The molecule has 4 N–H and O–H groups in total. The van der Waals surface area contributed by atoms with Crippen LogP contribution in [0.2, 0.25) is 0 Å². The predicted molar refractivity (Wildman–Crippen MR) is 59.9 cm³/mol. The first kappa shape index (κ1) is 15.2. The minimum Gasteiger partial charge on any atom is -0.460 e. The van der Waals surface area contributed by atoms with Crippen molar-refractivity contribution >= 4 is 12.1 Å². The SMILES string of the molecule is CCCOCCOC(=O)C=C(N)COC(N)=O. The maximum atomic E-state index is 11.1. The summed E-state index contributed by atoms with van der Waals surface area (Å²) in [5.41, 5.74) is 10.2. The number of esters is 1. The van der Waals surface area contributed by atoms with Crippen LogP contribution >= 0.6 is 0 Å². The van der Waals surface area contributed by atoms with Crippen molar-refractivity contribution in [2.75, 3.05) is 26.4 Å². The number of hydrogen-bond donors (Lipinski definition) is 2. The normalized spacial score (nSPS) is 11.0. The van der Waals surface area contributed by atoms with Gasteiger partial charge in [0.25, 0.3) is 0 Å². The van der Waals surface area contributed by atoms with Crippen molar-refractivity contribution in [3.05, 3.63) is 11.8 Å². The summed E-state index contributed by atoms with van der Waals surface area (Å²) in [6.45, 7) is 2.86. The van der Waals surface area contributed by atoms with Crippen LogP contribution in [0, 0.1) is 0 Å². The van der Waals surface area contributed by atoms with Gasteiger partial charge in [-0.2, -0.15) is 0 Å². The van der Waals surface area contributed by atoms with E-state index in [9.17, 15) is 9.59 Å². The number of rotatable bonds is 8. The van der Waals surface area contributed by atoms with Crippen molar-refractivity contribution in [2.24, 2.45) is 11.5 Å². The van der Waals surface area contributed by atoms with Crippen molar-refractivity contribution < 1.29 is 23.8 Å². The summed E-state index contributed by atoms with van der Waals surface area (Å²) < 4.78 is 14.3. The summed E-state index contributed by atoms with van der Waals surface area (Å²) >= 11 is 0. The first-order chi connectivity index (χ1) is 8.06. The summed E-state index contributed by atoms with van der Waals surface area (Å²) in [6, 6.07) is 0. The van der Waals surface area contributed by atoms with Crippen LogP contribution in [0.25, 0.3) is 0 Å². The Labute approximate surface area is 99.7 Å². The summed E-state index contributed by atoms with van der Waals surface area (Å²) in [7, 11) is 0. The van der Waals surface area contributed by atoms with Crippen LogP contribution in [0.4, 0.5) is 4.79 Å². The second kappa shape index (κ2) is 9.46. The third-order valence-corrected chi connectivity index (χ3v) is 1.50. The number of carbonyl (C=O) groups is 2. The minimum absolute atomic E-state index is 0.0586. The number of hydrogen-bond acceptors (Lipinski definition) is 6. The Hall–Kier alpha value is -1.76. The van der Waals surface area contributed by atoms with Gasteiger partial charge in [-0.3, -0.25) is 0 Å². The van der Waals surface area contributed by atoms with Gasteiger partial charge < -0.3 is 25.7 Å². The molecule has 0 aliphatic carbocycles. The second-order valence-electron chi connectivity index (χ2n) is 3.11. The molecule has 0 unspecified atom stereocenters. The lowest BCUT2D eigenvalue weighted by molar-refractivity contribution is -0.139. The summed E-state index contributed by atoms with van der Waals surface area (Å²) in [6.07, 6.45) is 0.983. The number of amides is 1. The molecule has 0 spiro atoms. The average Bonchev–Trinajstić information content (AvgIpc) is 2.26. The highest BCUT2D eigenvalue weighted by atomic mass is 16.6. The van der Waals surface area contributed by atoms with E-state index < -0.39 is 12.1 Å². The van der Waals surface area contributed by atoms with E-state index in [2.05, 4.69) is 4.74 Å². The van der Waals surface area contributed by atoms with Gasteiger partial charge in [0.05, 0.1) is 12.3 Å². The minimum atomic E-state index is -0.956. The molecule has 0 aliphatic heterocycles. The van der Waals surface area contributed by atoms with Gasteiger partial charge in [-0.25, -0.2) is 9.59 Å². The molecule has 0 aromatic rings. The third-order valence-electron chi connectivity index (χ3n) is 1.50. The molecule has 0 atom stereocenters. The van der Waals surface area contributed by atoms with Crippen molar-refractivity contribution in [1.82, 2.24) is 0 Å². The van der Waals surface area contributed by atoms with E-state index in [1.54, 1.807) is 0 Å². The average molecular weight is 246 g/mol. The van der Waals surface area contributed by atoms with Gasteiger partial charge in [-0.05, 0) is 6.42 Å². The fourth-order valence-electron chi connectivity index (χ4n) is 0.837. The van der Waals surface area contributed by atoms with Crippen molar-refractivity contribution in [3.63, 3.8) is 0 Å². The van der Waals surface area contributed by atoms with E-state index in [-0.39, 0.29) is 18.9 Å². The lowest BCUT2D eigenvalue weighted by Gasteiger charge is -2.04. The predicted octanol–water partition coefficient (Wildman–Crippen LogP) is -0.106. The Morgan fingerprint density at radius 3 is 2.41 bits per heavy atom. The van der Waals surface area contributed by atoms with E-state index in [1.807, 2.05) is 6.92 Å². The van der Waals surface area contributed by atoms with E-state index in [0.29, 0.717) is 13.2 Å². The molecule has 0 aliphatic rings.